The largest absolute Gasteiger partial charge is 0.474 e. The number of fused-ring (bicyclic) bond motifs is 1. The lowest BCUT2D eigenvalue weighted by Gasteiger charge is -2.61. The molecule has 1 aromatic carbocycles. The van der Waals surface area contributed by atoms with Gasteiger partial charge in [0.1, 0.15) is 5.60 Å². The van der Waals surface area contributed by atoms with E-state index in [-0.39, 0.29) is 16.9 Å². The van der Waals surface area contributed by atoms with Crippen LogP contribution in [0.25, 0.3) is 0 Å². The molecule has 34 heavy (non-hydrogen) atoms. The molecule has 3 aliphatic heterocycles. The van der Waals surface area contributed by atoms with Gasteiger partial charge in [0.05, 0.1) is 40.9 Å². The molecule has 2 fully saturated rings. The summed E-state index contributed by atoms with van der Waals surface area (Å²) in [5.74, 6) is 0.685. The van der Waals surface area contributed by atoms with Crippen molar-refractivity contribution in [1.82, 2.24) is 9.88 Å². The van der Waals surface area contributed by atoms with Crippen LogP contribution in [0.3, 0.4) is 0 Å². The Hall–Kier alpha value is -3.53. The van der Waals surface area contributed by atoms with Crippen molar-refractivity contribution in [3.8, 4) is 6.07 Å². The molecule has 2 aromatic rings. The molecular formula is C27H31N5O2. The maximum absolute atomic E-state index is 13.3. The van der Waals surface area contributed by atoms with Gasteiger partial charge in [-0.2, -0.15) is 5.26 Å². The number of ether oxygens (including phenoxy) is 1. The van der Waals surface area contributed by atoms with E-state index in [4.69, 9.17) is 4.74 Å². The van der Waals surface area contributed by atoms with Crippen molar-refractivity contribution in [2.75, 3.05) is 36.0 Å². The summed E-state index contributed by atoms with van der Waals surface area (Å²) >= 11 is 0. The molecule has 4 heterocycles. The zero-order chi connectivity index (χ0) is 24.5. The fraction of sp³-hybridized carbons (Fsp3) is 0.444. The first-order valence-electron chi connectivity index (χ1n) is 11.6. The number of nitriles is 1. The van der Waals surface area contributed by atoms with E-state index in [0.29, 0.717) is 11.1 Å². The third-order valence-corrected chi connectivity index (χ3v) is 7.01. The van der Waals surface area contributed by atoms with Crippen molar-refractivity contribution in [2.24, 2.45) is 5.41 Å². The van der Waals surface area contributed by atoms with E-state index in [0.717, 1.165) is 49.0 Å². The lowest BCUT2D eigenvalue weighted by molar-refractivity contribution is -0.0747. The first-order chi connectivity index (χ1) is 15.9. The second-order valence-electron chi connectivity index (χ2n) is 11.3. The Labute approximate surface area is 201 Å². The molecule has 5 rings (SSSR count). The van der Waals surface area contributed by atoms with Crippen LogP contribution in [0.4, 0.5) is 11.4 Å². The molecule has 7 heteroatoms. The number of anilines is 2. The summed E-state index contributed by atoms with van der Waals surface area (Å²) in [5, 5.41) is 9.30. The van der Waals surface area contributed by atoms with Gasteiger partial charge in [-0.1, -0.05) is 0 Å². The van der Waals surface area contributed by atoms with Gasteiger partial charge in [0.2, 0.25) is 0 Å². The van der Waals surface area contributed by atoms with Gasteiger partial charge < -0.3 is 14.5 Å². The van der Waals surface area contributed by atoms with Crippen molar-refractivity contribution in [2.45, 2.75) is 45.8 Å². The fourth-order valence-corrected chi connectivity index (χ4v) is 5.46. The number of carbonyl (C=O) groups excluding carboxylic acids is 1. The molecule has 0 atom stereocenters. The van der Waals surface area contributed by atoms with Gasteiger partial charge >= 0.3 is 0 Å². The van der Waals surface area contributed by atoms with Crippen LogP contribution in [0.1, 0.15) is 56.1 Å². The Morgan fingerprint density at radius 1 is 1.12 bits per heavy atom. The van der Waals surface area contributed by atoms with Crippen LogP contribution in [-0.2, 0) is 10.3 Å². The smallest absolute Gasteiger partial charge is 0.259 e. The number of benzene rings is 1. The Morgan fingerprint density at radius 2 is 1.79 bits per heavy atom. The zero-order valence-corrected chi connectivity index (χ0v) is 20.6. The molecular weight excluding hydrogens is 426 g/mol. The second kappa shape index (κ2) is 7.23. The maximum atomic E-state index is 13.3. The van der Waals surface area contributed by atoms with Gasteiger partial charge in [-0.25, -0.2) is 0 Å². The number of hydrogen-bond acceptors (Lipinski definition) is 6. The van der Waals surface area contributed by atoms with Gasteiger partial charge in [-0.3, -0.25) is 14.7 Å². The third-order valence-electron chi connectivity index (χ3n) is 7.01. The minimum absolute atomic E-state index is 0.0597. The van der Waals surface area contributed by atoms with Gasteiger partial charge in [-0.15, -0.1) is 0 Å². The highest BCUT2D eigenvalue weighted by Gasteiger charge is 2.53. The highest BCUT2D eigenvalue weighted by molar-refractivity contribution is 6.12. The van der Waals surface area contributed by atoms with E-state index >= 15 is 0 Å². The van der Waals surface area contributed by atoms with E-state index in [2.05, 4.69) is 33.5 Å². The number of pyridine rings is 1. The molecule has 0 N–H and O–H groups in total. The van der Waals surface area contributed by atoms with Crippen LogP contribution < -0.4 is 9.80 Å². The molecule has 1 amide bonds. The van der Waals surface area contributed by atoms with Crippen molar-refractivity contribution >= 4 is 17.3 Å². The lowest BCUT2D eigenvalue weighted by atomic mass is 9.72. The van der Waals surface area contributed by atoms with E-state index < -0.39 is 5.54 Å². The number of nitrogens with zero attached hydrogens (tertiary/aromatic N) is 5. The summed E-state index contributed by atoms with van der Waals surface area (Å²) in [4.78, 5) is 24.1. The number of carbonyl (C=O) groups is 1. The average Bonchev–Trinajstić information content (AvgIpc) is 2.89. The van der Waals surface area contributed by atoms with E-state index in [1.807, 2.05) is 46.9 Å². The molecule has 1 aromatic heterocycles. The molecule has 7 nitrogen and oxygen atoms in total. The standard InChI is InChI=1S/C27H31N5O2/c1-18(34-25(2,3)4)30-14-27(15-30)16-31(17-27)20-10-21(13-29-12-20)32-24(33)22-8-7-19(11-28)9-23(22)26(32,5)6/h7-10,12-13H,1,14-17H2,2-6H3. The number of aromatic nitrogens is 1. The molecule has 176 valence electrons. The van der Waals surface area contributed by atoms with Crippen molar-refractivity contribution in [3.63, 3.8) is 0 Å². The minimum Gasteiger partial charge on any atom is -0.474 e. The molecule has 0 aliphatic carbocycles. The molecule has 0 bridgehead atoms. The number of hydrogen-bond donors (Lipinski definition) is 0. The van der Waals surface area contributed by atoms with Crippen LogP contribution in [0.15, 0.2) is 49.1 Å². The lowest BCUT2D eigenvalue weighted by Crippen LogP contribution is -2.72. The summed E-state index contributed by atoms with van der Waals surface area (Å²) < 4.78 is 5.91. The zero-order valence-electron chi connectivity index (χ0n) is 20.6. The van der Waals surface area contributed by atoms with Crippen molar-refractivity contribution in [1.29, 1.82) is 5.26 Å². The summed E-state index contributed by atoms with van der Waals surface area (Å²) in [6.45, 7) is 18.0. The van der Waals surface area contributed by atoms with Crippen molar-refractivity contribution < 1.29 is 9.53 Å². The fourth-order valence-electron chi connectivity index (χ4n) is 5.46. The van der Waals surface area contributed by atoms with E-state index in [9.17, 15) is 10.1 Å². The van der Waals surface area contributed by atoms with Crippen molar-refractivity contribution in [3.05, 3.63) is 65.8 Å². The molecule has 3 aliphatic rings. The van der Waals surface area contributed by atoms with Crippen LogP contribution in [0, 0.1) is 16.7 Å². The van der Waals surface area contributed by atoms with Crippen LogP contribution >= 0.6 is 0 Å². The normalized spacial score (nSPS) is 19.9. The van der Waals surface area contributed by atoms with Gasteiger partial charge in [-0.05, 0) is 71.0 Å². The number of amides is 1. The SMILES string of the molecule is C=C(OC(C)(C)C)N1CC2(C1)CN(c1cncc(N3C(=O)c4ccc(C#N)cc4C3(C)C)c1)C2. The maximum Gasteiger partial charge on any atom is 0.259 e. The average molecular weight is 458 g/mol. The highest BCUT2D eigenvalue weighted by atomic mass is 16.5. The Kier molecular flexibility index (Phi) is 4.74. The topological polar surface area (TPSA) is 72.7 Å². The van der Waals surface area contributed by atoms with Gasteiger partial charge in [0.25, 0.3) is 5.91 Å². The third kappa shape index (κ3) is 3.49. The number of likely N-dealkylation sites (tertiary alicyclic amines) is 1. The molecule has 2 saturated heterocycles. The minimum atomic E-state index is -0.572. The quantitative estimate of drug-likeness (QED) is 0.639. The predicted octanol–water partition coefficient (Wildman–Crippen LogP) is 4.26. The second-order valence-corrected chi connectivity index (χ2v) is 11.3. The van der Waals surface area contributed by atoms with E-state index in [1.165, 1.54) is 0 Å². The summed E-state index contributed by atoms with van der Waals surface area (Å²) in [6, 6.07) is 9.51. The molecule has 0 saturated carbocycles. The van der Waals surface area contributed by atoms with Gasteiger partial charge in [0.15, 0.2) is 5.88 Å². The predicted molar refractivity (Wildman–Crippen MR) is 131 cm³/mol. The Balaban J connectivity index is 1.29. The molecule has 1 spiro atoms. The Morgan fingerprint density at radius 3 is 2.44 bits per heavy atom. The van der Waals surface area contributed by atoms with E-state index in [1.54, 1.807) is 23.2 Å². The van der Waals surface area contributed by atoms with Crippen LogP contribution in [0.5, 0.6) is 0 Å². The highest BCUT2D eigenvalue weighted by Crippen LogP contribution is 2.46. The van der Waals surface area contributed by atoms with Gasteiger partial charge in [0, 0.05) is 37.2 Å². The summed E-state index contributed by atoms with van der Waals surface area (Å²) in [5.41, 5.74) is 3.30. The van der Waals surface area contributed by atoms with Crippen LogP contribution in [-0.4, -0.2) is 47.6 Å². The first kappa shape index (κ1) is 22.3. The first-order valence-corrected chi connectivity index (χ1v) is 11.6. The van der Waals surface area contributed by atoms with Crippen LogP contribution in [0.2, 0.25) is 0 Å². The Bertz CT molecular complexity index is 1220. The number of rotatable bonds is 4. The molecule has 0 unspecified atom stereocenters. The summed E-state index contributed by atoms with van der Waals surface area (Å²) in [6.07, 6.45) is 3.61. The summed E-state index contributed by atoms with van der Waals surface area (Å²) in [7, 11) is 0. The monoisotopic (exact) mass is 457 g/mol. The molecule has 0 radical (unpaired) electrons.